The van der Waals surface area contributed by atoms with Crippen LogP contribution in [0.3, 0.4) is 0 Å². The Morgan fingerprint density at radius 2 is 2.04 bits per heavy atom. The quantitative estimate of drug-likeness (QED) is 0.523. The first-order valence-corrected chi connectivity index (χ1v) is 10.1. The smallest absolute Gasteiger partial charge is 0.328 e. The molecule has 1 aromatic carbocycles. The van der Waals surface area contributed by atoms with Gasteiger partial charge < -0.3 is 14.6 Å². The summed E-state index contributed by atoms with van der Waals surface area (Å²) in [6.45, 7) is 2.83. The van der Waals surface area contributed by atoms with Crippen LogP contribution in [0.5, 0.6) is 0 Å². The van der Waals surface area contributed by atoms with Gasteiger partial charge >= 0.3 is 5.97 Å². The van der Waals surface area contributed by atoms with Crippen molar-refractivity contribution in [2.75, 3.05) is 12.9 Å². The summed E-state index contributed by atoms with van der Waals surface area (Å²) in [7, 11) is 1.32. The molecule has 7 nitrogen and oxygen atoms in total. The number of amides is 1. The highest BCUT2D eigenvalue weighted by Gasteiger charge is 2.30. The van der Waals surface area contributed by atoms with Crippen LogP contribution in [0.25, 0.3) is 0 Å². The lowest BCUT2D eigenvalue weighted by Gasteiger charge is -2.16. The van der Waals surface area contributed by atoms with Crippen molar-refractivity contribution in [3.8, 4) is 0 Å². The molecule has 8 heteroatoms. The van der Waals surface area contributed by atoms with Gasteiger partial charge in [-0.05, 0) is 25.3 Å². The van der Waals surface area contributed by atoms with E-state index in [4.69, 9.17) is 4.74 Å². The maximum atomic E-state index is 12.4. The number of carbonyl (C=O) groups is 2. The molecular formula is C19H24N4O3S. The first kappa shape index (κ1) is 19.4. The average Bonchev–Trinajstić information content (AvgIpc) is 3.45. The Balaban J connectivity index is 1.58. The number of rotatable bonds is 9. The molecule has 0 saturated heterocycles. The van der Waals surface area contributed by atoms with Crippen molar-refractivity contribution in [2.24, 2.45) is 0 Å². The van der Waals surface area contributed by atoms with E-state index in [1.54, 1.807) is 0 Å². The number of carbonyl (C=O) groups excluding carboxylic acids is 2. The second-order valence-electron chi connectivity index (χ2n) is 6.48. The maximum Gasteiger partial charge on any atom is 0.328 e. The number of esters is 1. The van der Waals surface area contributed by atoms with Crippen molar-refractivity contribution >= 4 is 23.6 Å². The summed E-state index contributed by atoms with van der Waals surface area (Å²) >= 11 is 1.34. The number of hydrogen-bond donors (Lipinski definition) is 1. The van der Waals surface area contributed by atoms with Gasteiger partial charge in [0.25, 0.3) is 0 Å². The van der Waals surface area contributed by atoms with Crippen molar-refractivity contribution in [3.63, 3.8) is 0 Å². The predicted octanol–water partition coefficient (Wildman–Crippen LogP) is 2.17. The summed E-state index contributed by atoms with van der Waals surface area (Å²) in [6, 6.07) is 8.83. The van der Waals surface area contributed by atoms with E-state index in [0.717, 1.165) is 35.9 Å². The van der Waals surface area contributed by atoms with Gasteiger partial charge in [0.2, 0.25) is 5.91 Å². The summed E-state index contributed by atoms with van der Waals surface area (Å²) < 4.78 is 6.90. The molecule has 1 N–H and O–H groups in total. The summed E-state index contributed by atoms with van der Waals surface area (Å²) in [4.78, 5) is 24.4. The number of methoxy groups -OCH3 is 1. The lowest BCUT2D eigenvalue weighted by Crippen LogP contribution is -2.43. The third-order valence-electron chi connectivity index (χ3n) is 4.44. The topological polar surface area (TPSA) is 86.1 Å². The monoisotopic (exact) mass is 388 g/mol. The Hall–Kier alpha value is -2.35. The zero-order valence-electron chi connectivity index (χ0n) is 15.6. The van der Waals surface area contributed by atoms with Crippen LogP contribution < -0.4 is 5.32 Å². The standard InChI is InChI=1S/C19H24N4O3S/c1-3-23-17(14-9-10-14)21-22-19(23)27-12-16(24)20-15(18(25)26-2)11-13-7-5-4-6-8-13/h4-8,14-15H,3,9-12H2,1-2H3,(H,20,24)/t15-/m1/s1. The molecule has 0 bridgehead atoms. The van der Waals surface area contributed by atoms with Gasteiger partial charge in [0, 0.05) is 18.9 Å². The number of nitrogens with one attached hydrogen (secondary N) is 1. The Bertz CT molecular complexity index is 790. The van der Waals surface area contributed by atoms with E-state index >= 15 is 0 Å². The molecule has 3 rings (SSSR count). The Morgan fingerprint density at radius 3 is 2.67 bits per heavy atom. The van der Waals surface area contributed by atoms with Gasteiger partial charge in [-0.2, -0.15) is 0 Å². The molecule has 1 aliphatic carbocycles. The largest absolute Gasteiger partial charge is 0.467 e. The van der Waals surface area contributed by atoms with Crippen molar-refractivity contribution in [2.45, 2.75) is 49.8 Å². The molecule has 1 fully saturated rings. The summed E-state index contributed by atoms with van der Waals surface area (Å²) in [5.41, 5.74) is 0.959. The summed E-state index contributed by atoms with van der Waals surface area (Å²) in [5, 5.41) is 12.0. The minimum Gasteiger partial charge on any atom is -0.467 e. The molecular weight excluding hydrogens is 364 g/mol. The highest BCUT2D eigenvalue weighted by Crippen LogP contribution is 2.39. The van der Waals surface area contributed by atoms with Crippen LogP contribution in [-0.4, -0.2) is 45.5 Å². The maximum absolute atomic E-state index is 12.4. The summed E-state index contributed by atoms with van der Waals surface area (Å²) in [5.74, 6) is 1.01. The van der Waals surface area contributed by atoms with E-state index in [1.807, 2.05) is 37.3 Å². The number of thioether (sulfide) groups is 1. The molecule has 2 aromatic rings. The molecule has 144 valence electrons. The lowest BCUT2D eigenvalue weighted by molar-refractivity contribution is -0.144. The molecule has 0 spiro atoms. The minimum atomic E-state index is -0.712. The number of benzene rings is 1. The SMILES string of the molecule is CCn1c(SCC(=O)N[C@H](Cc2ccccc2)C(=O)OC)nnc1C1CC1. The molecule has 1 heterocycles. The molecule has 27 heavy (non-hydrogen) atoms. The molecule has 1 amide bonds. The van der Waals surface area contributed by atoms with E-state index in [1.165, 1.54) is 18.9 Å². The van der Waals surface area contributed by atoms with Crippen molar-refractivity contribution in [1.29, 1.82) is 0 Å². The molecule has 0 radical (unpaired) electrons. The van der Waals surface area contributed by atoms with Gasteiger partial charge in [-0.25, -0.2) is 4.79 Å². The van der Waals surface area contributed by atoms with Gasteiger partial charge in [-0.3, -0.25) is 4.79 Å². The van der Waals surface area contributed by atoms with Crippen LogP contribution in [0.4, 0.5) is 0 Å². The highest BCUT2D eigenvalue weighted by molar-refractivity contribution is 7.99. The molecule has 0 aliphatic heterocycles. The average molecular weight is 388 g/mol. The van der Waals surface area contributed by atoms with E-state index in [0.29, 0.717) is 12.3 Å². The van der Waals surface area contributed by atoms with E-state index < -0.39 is 12.0 Å². The van der Waals surface area contributed by atoms with Gasteiger partial charge in [0.05, 0.1) is 12.9 Å². The van der Waals surface area contributed by atoms with Gasteiger partial charge in [-0.15, -0.1) is 10.2 Å². The fourth-order valence-corrected chi connectivity index (χ4v) is 3.72. The van der Waals surface area contributed by atoms with Crippen LogP contribution in [-0.2, 0) is 27.3 Å². The molecule has 0 unspecified atom stereocenters. The number of nitrogens with zero attached hydrogens (tertiary/aromatic N) is 3. The highest BCUT2D eigenvalue weighted by atomic mass is 32.2. The number of aromatic nitrogens is 3. The third-order valence-corrected chi connectivity index (χ3v) is 5.41. The van der Waals surface area contributed by atoms with Crippen molar-refractivity contribution in [3.05, 3.63) is 41.7 Å². The molecule has 1 saturated carbocycles. The normalized spacial score (nSPS) is 14.6. The van der Waals surface area contributed by atoms with Crippen molar-refractivity contribution < 1.29 is 14.3 Å². The van der Waals surface area contributed by atoms with Crippen LogP contribution >= 0.6 is 11.8 Å². The van der Waals surface area contributed by atoms with Gasteiger partial charge in [-0.1, -0.05) is 42.1 Å². The Kier molecular flexibility index (Phi) is 6.49. The van der Waals surface area contributed by atoms with Crippen LogP contribution in [0.15, 0.2) is 35.5 Å². The Labute approximate surface area is 162 Å². The third kappa shape index (κ3) is 5.09. The molecule has 1 aliphatic rings. The first-order chi connectivity index (χ1) is 13.1. The second-order valence-corrected chi connectivity index (χ2v) is 7.42. The first-order valence-electron chi connectivity index (χ1n) is 9.09. The van der Waals surface area contributed by atoms with Crippen LogP contribution in [0.2, 0.25) is 0 Å². The second kappa shape index (κ2) is 9.03. The van der Waals surface area contributed by atoms with E-state index in [9.17, 15) is 9.59 Å². The molecule has 1 aromatic heterocycles. The van der Waals surface area contributed by atoms with E-state index in [-0.39, 0.29) is 11.7 Å². The van der Waals surface area contributed by atoms with Crippen LogP contribution in [0, 0.1) is 0 Å². The molecule has 1 atom stereocenters. The zero-order valence-corrected chi connectivity index (χ0v) is 16.4. The van der Waals surface area contributed by atoms with Gasteiger partial charge in [0.15, 0.2) is 5.16 Å². The number of hydrogen-bond acceptors (Lipinski definition) is 6. The fourth-order valence-electron chi connectivity index (χ4n) is 2.90. The predicted molar refractivity (Wildman–Crippen MR) is 102 cm³/mol. The van der Waals surface area contributed by atoms with E-state index in [2.05, 4.69) is 20.1 Å². The fraction of sp³-hybridized carbons (Fsp3) is 0.474. The van der Waals surface area contributed by atoms with Crippen LogP contribution in [0.1, 0.15) is 37.1 Å². The summed E-state index contributed by atoms with van der Waals surface area (Å²) in [6.07, 6.45) is 2.70. The zero-order chi connectivity index (χ0) is 19.2. The van der Waals surface area contributed by atoms with Gasteiger partial charge in [0.1, 0.15) is 11.9 Å². The van der Waals surface area contributed by atoms with Crippen molar-refractivity contribution in [1.82, 2.24) is 20.1 Å². The minimum absolute atomic E-state index is 0.172. The Morgan fingerprint density at radius 1 is 1.30 bits per heavy atom. The lowest BCUT2D eigenvalue weighted by atomic mass is 10.1. The number of ether oxygens (including phenoxy) is 1.